The van der Waals surface area contributed by atoms with Crippen molar-refractivity contribution in [2.45, 2.75) is 58.1 Å². The predicted octanol–water partition coefficient (Wildman–Crippen LogP) is 17.9. The van der Waals surface area contributed by atoms with E-state index in [1.807, 2.05) is 23.5 Å². The highest BCUT2D eigenvalue weighted by atomic mass is 32.2. The lowest BCUT2D eigenvalue weighted by Gasteiger charge is -2.35. The molecule has 0 aromatic heterocycles. The van der Waals surface area contributed by atoms with Crippen molar-refractivity contribution >= 4 is 45.1 Å². The molecular weight excluding hydrogens is 809 g/mol. The summed E-state index contributed by atoms with van der Waals surface area (Å²) in [6, 6.07) is 77.2. The van der Waals surface area contributed by atoms with Crippen LogP contribution in [-0.2, 0) is 10.8 Å². The van der Waals surface area contributed by atoms with Crippen LogP contribution in [0.3, 0.4) is 0 Å². The van der Waals surface area contributed by atoms with E-state index in [9.17, 15) is 0 Å². The molecule has 2 aliphatic heterocycles. The fourth-order valence-electron chi connectivity index (χ4n) is 10.6. The third-order valence-electron chi connectivity index (χ3n) is 14.0. The van der Waals surface area contributed by atoms with Gasteiger partial charge in [-0.25, -0.2) is 0 Å². The molecule has 0 saturated heterocycles. The van der Waals surface area contributed by atoms with Crippen molar-refractivity contribution in [1.29, 1.82) is 0 Å². The number of hydrogen-bond donors (Lipinski definition) is 0. The molecule has 64 heavy (non-hydrogen) atoms. The van der Waals surface area contributed by atoms with Crippen LogP contribution in [0.2, 0.25) is 0 Å². The van der Waals surface area contributed by atoms with Crippen LogP contribution in [-0.4, -0.2) is 0 Å². The van der Waals surface area contributed by atoms with Crippen LogP contribution in [0.1, 0.15) is 49.9 Å². The van der Waals surface area contributed by atoms with Gasteiger partial charge in [0.1, 0.15) is 0 Å². The van der Waals surface area contributed by atoms with Gasteiger partial charge >= 0.3 is 0 Å². The smallest absolute Gasteiger partial charge is 0.0241 e. The molecule has 0 radical (unpaired) electrons. The van der Waals surface area contributed by atoms with Crippen molar-refractivity contribution in [2.75, 3.05) is 0 Å². The van der Waals surface area contributed by atoms with E-state index in [0.29, 0.717) is 0 Å². The Bertz CT molecular complexity index is 3250. The maximum absolute atomic E-state index is 2.46. The average Bonchev–Trinajstić information content (AvgIpc) is 3.33. The second-order valence-electron chi connectivity index (χ2n) is 18.4. The molecule has 2 heteroatoms. The van der Waals surface area contributed by atoms with Gasteiger partial charge in [0, 0.05) is 30.4 Å². The molecule has 0 spiro atoms. The molecule has 12 rings (SSSR count). The van der Waals surface area contributed by atoms with Crippen LogP contribution in [0.5, 0.6) is 0 Å². The molecule has 0 saturated carbocycles. The maximum atomic E-state index is 2.46. The third-order valence-corrected chi connectivity index (χ3v) is 16.5. The fraction of sp³-hybridized carbons (Fsp3) is 0.0968. The molecule has 0 bridgehead atoms. The molecule has 0 aliphatic carbocycles. The van der Waals surface area contributed by atoms with Gasteiger partial charge in [-0.1, -0.05) is 239 Å². The highest BCUT2D eigenvalue weighted by molar-refractivity contribution is 8.00. The van der Waals surface area contributed by atoms with Gasteiger partial charge in [0.2, 0.25) is 0 Å². The SMILES string of the molecule is CC1(C)c2ccccc2Sc2c(-c3ccc(-c4cccc5c(-c6ccccc6)c6cccc(-c7ccc(-c8cccc9c8Sc8ccccc8C9(C)C)cc7)c6cc45)cc3)cccc21. The molecule has 0 amide bonds. The normalized spacial score (nSPS) is 14.4. The van der Waals surface area contributed by atoms with E-state index < -0.39 is 0 Å². The molecule has 0 unspecified atom stereocenters. The summed E-state index contributed by atoms with van der Waals surface area (Å²) < 4.78 is 0. The van der Waals surface area contributed by atoms with Gasteiger partial charge in [-0.2, -0.15) is 0 Å². The van der Waals surface area contributed by atoms with Crippen LogP contribution >= 0.6 is 23.5 Å². The second kappa shape index (κ2) is 15.0. The molecule has 0 N–H and O–H groups in total. The molecule has 2 heterocycles. The summed E-state index contributed by atoms with van der Waals surface area (Å²) in [6.45, 7) is 9.45. The van der Waals surface area contributed by atoms with E-state index in [1.54, 1.807) is 0 Å². The van der Waals surface area contributed by atoms with Gasteiger partial charge in [-0.05, 0) is 118 Å². The molecular formula is C62H46S2. The monoisotopic (exact) mass is 854 g/mol. The molecule has 0 fully saturated rings. The standard InChI is InChI=1S/C62H46S2/c1-61(2)52-24-8-10-28-56(52)63-59-46(20-14-26-54(59)61)41-34-30-39(31-35-41)44-18-12-22-48-50(44)38-51-45(19-13-23-49(51)58(48)43-16-6-5-7-17-43)40-32-36-42(37-33-40)47-21-15-27-55-60(47)64-57-29-11-9-25-53(57)62(55,3)4/h5-38H,1-4H3. The highest BCUT2D eigenvalue weighted by Gasteiger charge is 2.35. The van der Waals surface area contributed by atoms with E-state index >= 15 is 0 Å². The first-order valence-corrected chi connectivity index (χ1v) is 24.0. The van der Waals surface area contributed by atoms with Crippen LogP contribution in [0, 0.1) is 0 Å². The Morgan fingerprint density at radius 3 is 1.09 bits per heavy atom. The molecule has 2 aliphatic rings. The largest absolute Gasteiger partial charge is 0.0888 e. The highest BCUT2D eigenvalue weighted by Crippen LogP contribution is 2.54. The number of fused-ring (bicyclic) bond motifs is 6. The lowest BCUT2D eigenvalue weighted by molar-refractivity contribution is 0.608. The van der Waals surface area contributed by atoms with E-state index in [1.165, 1.54) is 119 Å². The van der Waals surface area contributed by atoms with Gasteiger partial charge in [0.05, 0.1) is 0 Å². The van der Waals surface area contributed by atoms with Crippen molar-refractivity contribution < 1.29 is 0 Å². The van der Waals surface area contributed by atoms with Crippen LogP contribution in [0.4, 0.5) is 0 Å². The summed E-state index contributed by atoms with van der Waals surface area (Å²) in [5.74, 6) is 0. The average molecular weight is 855 g/mol. The Kier molecular flexibility index (Phi) is 9.16. The minimum Gasteiger partial charge on any atom is -0.0888 e. The number of benzene rings is 10. The third kappa shape index (κ3) is 6.15. The first kappa shape index (κ1) is 39.0. The van der Waals surface area contributed by atoms with Crippen molar-refractivity contribution in [3.05, 3.63) is 229 Å². The second-order valence-corrected chi connectivity index (χ2v) is 20.5. The van der Waals surface area contributed by atoms with Crippen molar-refractivity contribution in [3.8, 4) is 55.6 Å². The van der Waals surface area contributed by atoms with Crippen molar-refractivity contribution in [2.24, 2.45) is 0 Å². The fourth-order valence-corrected chi connectivity index (χ4v) is 13.7. The van der Waals surface area contributed by atoms with Crippen molar-refractivity contribution in [1.82, 2.24) is 0 Å². The van der Waals surface area contributed by atoms with Gasteiger partial charge in [0.15, 0.2) is 0 Å². The zero-order valence-electron chi connectivity index (χ0n) is 36.4. The molecule has 10 aromatic carbocycles. The number of hydrogen-bond acceptors (Lipinski definition) is 2. The van der Waals surface area contributed by atoms with Gasteiger partial charge in [0.25, 0.3) is 0 Å². The van der Waals surface area contributed by atoms with E-state index in [-0.39, 0.29) is 10.8 Å². The first-order valence-electron chi connectivity index (χ1n) is 22.3. The van der Waals surface area contributed by atoms with E-state index in [4.69, 9.17) is 0 Å². The topological polar surface area (TPSA) is 0 Å². The molecule has 10 aromatic rings. The maximum Gasteiger partial charge on any atom is 0.0241 e. The van der Waals surface area contributed by atoms with Crippen LogP contribution < -0.4 is 0 Å². The Morgan fingerprint density at radius 1 is 0.281 bits per heavy atom. The summed E-state index contributed by atoms with van der Waals surface area (Å²) in [5.41, 5.74) is 17.9. The summed E-state index contributed by atoms with van der Waals surface area (Å²) in [4.78, 5) is 5.42. The Labute approximate surface area is 385 Å². The lowest BCUT2D eigenvalue weighted by Crippen LogP contribution is -2.23. The first-order chi connectivity index (χ1) is 31.3. The predicted molar refractivity (Wildman–Crippen MR) is 274 cm³/mol. The van der Waals surface area contributed by atoms with E-state index in [2.05, 4.69) is 234 Å². The Morgan fingerprint density at radius 2 is 0.641 bits per heavy atom. The molecule has 0 nitrogen and oxygen atoms in total. The summed E-state index contributed by atoms with van der Waals surface area (Å²) in [5, 5.41) is 5.04. The van der Waals surface area contributed by atoms with Gasteiger partial charge < -0.3 is 0 Å². The van der Waals surface area contributed by atoms with Crippen LogP contribution in [0.15, 0.2) is 226 Å². The number of rotatable bonds is 5. The van der Waals surface area contributed by atoms with Crippen molar-refractivity contribution in [3.63, 3.8) is 0 Å². The zero-order valence-corrected chi connectivity index (χ0v) is 38.1. The molecule has 306 valence electrons. The quantitative estimate of drug-likeness (QED) is 0.158. The minimum atomic E-state index is -0.0677. The Hall–Kier alpha value is -6.58. The minimum absolute atomic E-state index is 0.0677. The van der Waals surface area contributed by atoms with Crippen LogP contribution in [0.25, 0.3) is 77.2 Å². The zero-order chi connectivity index (χ0) is 43.2. The summed E-state index contributed by atoms with van der Waals surface area (Å²) in [6.07, 6.45) is 0. The van der Waals surface area contributed by atoms with Gasteiger partial charge in [-0.15, -0.1) is 0 Å². The molecule has 0 atom stereocenters. The summed E-state index contributed by atoms with van der Waals surface area (Å²) in [7, 11) is 0. The van der Waals surface area contributed by atoms with Gasteiger partial charge in [-0.3, -0.25) is 0 Å². The summed E-state index contributed by atoms with van der Waals surface area (Å²) >= 11 is 3.82. The Balaban J connectivity index is 0.969. The lowest BCUT2D eigenvalue weighted by atomic mass is 9.77. The van der Waals surface area contributed by atoms with E-state index in [0.717, 1.165) is 0 Å².